The molecule has 1 N–H and O–H groups in total. The molecule has 0 radical (unpaired) electrons. The van der Waals surface area contributed by atoms with E-state index >= 15 is 0 Å². The van der Waals surface area contributed by atoms with Crippen molar-refractivity contribution in [1.29, 1.82) is 0 Å². The number of nitrogens with zero attached hydrogens (tertiary/aromatic N) is 2. The van der Waals surface area contributed by atoms with Gasteiger partial charge in [0.15, 0.2) is 5.76 Å². The van der Waals surface area contributed by atoms with Gasteiger partial charge in [-0.1, -0.05) is 17.7 Å². The number of hydrogen-bond acceptors (Lipinski definition) is 4. The van der Waals surface area contributed by atoms with Crippen molar-refractivity contribution in [1.82, 2.24) is 5.43 Å². The predicted molar refractivity (Wildman–Crippen MR) is 133 cm³/mol. The monoisotopic (exact) mass is 493 g/mol. The summed E-state index contributed by atoms with van der Waals surface area (Å²) in [5.41, 5.74) is 6.70. The maximum absolute atomic E-state index is 13.8. The van der Waals surface area contributed by atoms with Crippen LogP contribution in [0.4, 0.5) is 10.1 Å². The number of nitrogens with one attached hydrogen (secondary N) is 1. The third kappa shape index (κ3) is 4.36. The molecule has 1 aliphatic heterocycles. The van der Waals surface area contributed by atoms with Gasteiger partial charge in [-0.05, 0) is 81.5 Å². The van der Waals surface area contributed by atoms with Crippen molar-refractivity contribution in [3.05, 3.63) is 87.1 Å². The molecule has 1 atom stereocenters. The zero-order chi connectivity index (χ0) is 24.7. The molecule has 0 fully saturated rings. The second kappa shape index (κ2) is 9.30. The van der Waals surface area contributed by atoms with E-state index in [4.69, 9.17) is 16.0 Å². The van der Waals surface area contributed by atoms with Crippen molar-refractivity contribution in [3.63, 3.8) is 0 Å². The highest BCUT2D eigenvalue weighted by Gasteiger charge is 2.35. The van der Waals surface area contributed by atoms with E-state index in [1.165, 1.54) is 12.1 Å². The standard InChI is InChI=1S/C27H25ClFN3O3/c1-15-9-10-17-14-20(29)11-12-22(17)32(15)27(34)25-16(2)24-21(7-4-8-23(24)35-25)30-31-26(33)18-5-3-6-19(28)13-18/h3,5-6,11-15H,4,7-10H2,1-2H3,(H,31,33)/b30-21+. The van der Waals surface area contributed by atoms with Crippen LogP contribution in [-0.4, -0.2) is 23.6 Å². The van der Waals surface area contributed by atoms with Crippen LogP contribution in [0, 0.1) is 12.7 Å². The number of carbonyl (C=O) groups is 2. The van der Waals surface area contributed by atoms with Gasteiger partial charge in [-0.15, -0.1) is 0 Å². The maximum atomic E-state index is 13.8. The lowest BCUT2D eigenvalue weighted by Crippen LogP contribution is -2.42. The molecule has 0 spiro atoms. The van der Waals surface area contributed by atoms with Crippen molar-refractivity contribution >= 4 is 34.8 Å². The van der Waals surface area contributed by atoms with E-state index in [9.17, 15) is 14.0 Å². The Morgan fingerprint density at radius 2 is 2.00 bits per heavy atom. The highest BCUT2D eigenvalue weighted by Crippen LogP contribution is 2.36. The zero-order valence-electron chi connectivity index (χ0n) is 19.5. The summed E-state index contributed by atoms with van der Waals surface area (Å²) in [5, 5.41) is 4.85. The minimum absolute atomic E-state index is 0.0490. The summed E-state index contributed by atoms with van der Waals surface area (Å²) in [6, 6.07) is 11.1. The summed E-state index contributed by atoms with van der Waals surface area (Å²) in [4.78, 5) is 27.9. The Morgan fingerprint density at radius 1 is 1.17 bits per heavy atom. The summed E-state index contributed by atoms with van der Waals surface area (Å²) in [6.45, 7) is 3.83. The van der Waals surface area contributed by atoms with Crippen LogP contribution in [0.5, 0.6) is 0 Å². The van der Waals surface area contributed by atoms with Crippen molar-refractivity contribution in [2.24, 2.45) is 5.10 Å². The Balaban J connectivity index is 1.46. The number of fused-ring (bicyclic) bond motifs is 2. The van der Waals surface area contributed by atoms with E-state index in [2.05, 4.69) is 10.5 Å². The van der Waals surface area contributed by atoms with Crippen LogP contribution < -0.4 is 10.3 Å². The molecule has 5 rings (SSSR count). The van der Waals surface area contributed by atoms with Crippen LogP contribution in [0.2, 0.25) is 5.02 Å². The molecule has 2 heterocycles. The summed E-state index contributed by atoms with van der Waals surface area (Å²) >= 11 is 5.99. The Labute approximate surface area is 207 Å². The summed E-state index contributed by atoms with van der Waals surface area (Å²) in [5.74, 6) is 0.0254. The fraction of sp³-hybridized carbons (Fsp3) is 0.296. The minimum Gasteiger partial charge on any atom is -0.455 e. The van der Waals surface area contributed by atoms with E-state index in [1.807, 2.05) is 13.8 Å². The Bertz CT molecular complexity index is 1360. The van der Waals surface area contributed by atoms with Crippen molar-refractivity contribution in [2.75, 3.05) is 4.90 Å². The zero-order valence-corrected chi connectivity index (χ0v) is 20.3. The largest absolute Gasteiger partial charge is 0.455 e. The van der Waals surface area contributed by atoms with Crippen molar-refractivity contribution in [3.8, 4) is 0 Å². The van der Waals surface area contributed by atoms with Crippen LogP contribution in [0.3, 0.4) is 0 Å². The molecule has 0 bridgehead atoms. The van der Waals surface area contributed by atoms with Gasteiger partial charge in [-0.25, -0.2) is 9.82 Å². The van der Waals surface area contributed by atoms with E-state index < -0.39 is 0 Å². The highest BCUT2D eigenvalue weighted by molar-refractivity contribution is 6.31. The lowest BCUT2D eigenvalue weighted by atomic mass is 9.92. The average Bonchev–Trinajstić information content (AvgIpc) is 3.19. The van der Waals surface area contributed by atoms with Gasteiger partial charge in [0.25, 0.3) is 11.8 Å². The van der Waals surface area contributed by atoms with Crippen LogP contribution in [0.1, 0.15) is 69.5 Å². The minimum atomic E-state index is -0.365. The van der Waals surface area contributed by atoms with Crippen LogP contribution >= 0.6 is 11.6 Å². The summed E-state index contributed by atoms with van der Waals surface area (Å²) in [7, 11) is 0. The van der Waals surface area contributed by atoms with E-state index in [-0.39, 0.29) is 29.4 Å². The molecule has 2 aromatic carbocycles. The van der Waals surface area contributed by atoms with Crippen LogP contribution in [-0.2, 0) is 12.8 Å². The van der Waals surface area contributed by atoms with Crippen molar-refractivity contribution < 1.29 is 18.4 Å². The molecule has 2 aliphatic rings. The second-order valence-electron chi connectivity index (χ2n) is 9.05. The first-order chi connectivity index (χ1) is 16.8. The number of rotatable bonds is 3. The summed E-state index contributed by atoms with van der Waals surface area (Å²) in [6.07, 6.45) is 3.58. The highest BCUT2D eigenvalue weighted by atomic mass is 35.5. The second-order valence-corrected chi connectivity index (χ2v) is 9.49. The molecular formula is C27H25ClFN3O3. The van der Waals surface area contributed by atoms with Gasteiger partial charge in [0.1, 0.15) is 11.6 Å². The topological polar surface area (TPSA) is 74.9 Å². The number of carbonyl (C=O) groups excluding carboxylic acids is 2. The molecule has 6 nitrogen and oxygen atoms in total. The number of aryl methyl sites for hydroxylation is 2. The van der Waals surface area contributed by atoms with E-state index in [0.717, 1.165) is 30.4 Å². The quantitative estimate of drug-likeness (QED) is 0.466. The third-order valence-electron chi connectivity index (χ3n) is 6.69. The number of amides is 2. The number of hydrazone groups is 1. The molecule has 3 aromatic rings. The lowest BCUT2D eigenvalue weighted by molar-refractivity contribution is 0.0941. The number of furan rings is 1. The summed E-state index contributed by atoms with van der Waals surface area (Å²) < 4.78 is 19.9. The molecule has 0 saturated carbocycles. The SMILES string of the molecule is Cc1c(C(=O)N2c3ccc(F)cc3CCC2C)oc2c1/C(=N/NC(=O)c1cccc(Cl)c1)CCC2. The van der Waals surface area contributed by atoms with Gasteiger partial charge in [0.05, 0.1) is 5.71 Å². The first-order valence-corrected chi connectivity index (χ1v) is 12.1. The molecule has 2 amide bonds. The van der Waals surface area contributed by atoms with Crippen molar-refractivity contribution in [2.45, 2.75) is 52.0 Å². The molecule has 180 valence electrons. The molecule has 8 heteroatoms. The van der Waals surface area contributed by atoms with Gasteiger partial charge in [-0.2, -0.15) is 5.10 Å². The van der Waals surface area contributed by atoms with Gasteiger partial charge < -0.3 is 9.32 Å². The molecule has 1 unspecified atom stereocenters. The average molecular weight is 494 g/mol. The molecule has 1 aliphatic carbocycles. The van der Waals surface area contributed by atoms with Gasteiger partial charge >= 0.3 is 0 Å². The number of hydrogen-bond donors (Lipinski definition) is 1. The first kappa shape index (κ1) is 23.3. The number of anilines is 1. The normalized spacial score (nSPS) is 18.2. The molecular weight excluding hydrogens is 469 g/mol. The van der Waals surface area contributed by atoms with Crippen LogP contribution in [0.15, 0.2) is 52.0 Å². The first-order valence-electron chi connectivity index (χ1n) is 11.7. The number of benzene rings is 2. The third-order valence-corrected chi connectivity index (χ3v) is 6.93. The molecule has 1 aromatic heterocycles. The Morgan fingerprint density at radius 3 is 2.80 bits per heavy atom. The smallest absolute Gasteiger partial charge is 0.294 e. The van der Waals surface area contributed by atoms with Gasteiger partial charge in [0, 0.05) is 39.9 Å². The fourth-order valence-corrected chi connectivity index (χ4v) is 5.13. The molecule has 35 heavy (non-hydrogen) atoms. The Hall–Kier alpha value is -3.45. The predicted octanol–water partition coefficient (Wildman–Crippen LogP) is 5.83. The van der Waals surface area contributed by atoms with Gasteiger partial charge in [-0.3, -0.25) is 9.59 Å². The fourth-order valence-electron chi connectivity index (χ4n) is 4.94. The van der Waals surface area contributed by atoms with Gasteiger partial charge in [0.2, 0.25) is 0 Å². The van der Waals surface area contributed by atoms with Crippen LogP contribution in [0.25, 0.3) is 0 Å². The van der Waals surface area contributed by atoms with E-state index in [0.29, 0.717) is 46.2 Å². The number of halogens is 2. The molecule has 0 saturated heterocycles. The van der Waals surface area contributed by atoms with E-state index in [1.54, 1.807) is 35.2 Å². The Kier molecular flexibility index (Phi) is 6.19. The lowest BCUT2D eigenvalue weighted by Gasteiger charge is -2.34. The maximum Gasteiger partial charge on any atom is 0.294 e.